The molecule has 0 fully saturated rings. The predicted octanol–water partition coefficient (Wildman–Crippen LogP) is 5.07. The van der Waals surface area contributed by atoms with Crippen molar-refractivity contribution in [2.24, 2.45) is 17.6 Å². The van der Waals surface area contributed by atoms with Gasteiger partial charge in [-0.05, 0) is 50.0 Å². The molecule has 1 aromatic carbocycles. The molecule has 1 rings (SSSR count). The van der Waals surface area contributed by atoms with E-state index in [0.717, 1.165) is 37.7 Å². The number of allylic oxidation sites excluding steroid dienone is 2. The number of ether oxygens (including phenoxy) is 1. The summed E-state index contributed by atoms with van der Waals surface area (Å²) in [4.78, 5) is 24.2. The van der Waals surface area contributed by atoms with Crippen LogP contribution in [0.1, 0.15) is 78.2 Å². The van der Waals surface area contributed by atoms with Crippen LogP contribution >= 0.6 is 0 Å². The van der Waals surface area contributed by atoms with Crippen molar-refractivity contribution in [2.75, 3.05) is 13.7 Å². The molecular formula is C28H46N2O4. The molecule has 1 aromatic rings. The van der Waals surface area contributed by atoms with Gasteiger partial charge in [0.15, 0.2) is 0 Å². The Morgan fingerprint density at radius 1 is 1.15 bits per heavy atom. The van der Waals surface area contributed by atoms with Crippen molar-refractivity contribution in [3.63, 3.8) is 0 Å². The minimum Gasteiger partial charge on any atom is -0.480 e. The number of nitrogens with one attached hydrogen (secondary N) is 1. The van der Waals surface area contributed by atoms with Gasteiger partial charge in [-0.2, -0.15) is 0 Å². The molecule has 0 heterocycles. The quantitative estimate of drug-likeness (QED) is 0.216. The molecule has 34 heavy (non-hydrogen) atoms. The Morgan fingerprint density at radius 2 is 1.79 bits per heavy atom. The monoisotopic (exact) mass is 474 g/mol. The van der Waals surface area contributed by atoms with Gasteiger partial charge in [0.1, 0.15) is 6.04 Å². The number of benzene rings is 1. The van der Waals surface area contributed by atoms with Gasteiger partial charge in [0.25, 0.3) is 0 Å². The molecule has 0 aliphatic rings. The first kappa shape index (κ1) is 29.9. The van der Waals surface area contributed by atoms with E-state index < -0.39 is 24.0 Å². The van der Waals surface area contributed by atoms with Gasteiger partial charge in [0, 0.05) is 31.4 Å². The Morgan fingerprint density at radius 3 is 2.32 bits per heavy atom. The molecule has 3 atom stereocenters. The van der Waals surface area contributed by atoms with Crippen LogP contribution in [-0.2, 0) is 19.7 Å². The summed E-state index contributed by atoms with van der Waals surface area (Å²) < 4.78 is 6.00. The van der Waals surface area contributed by atoms with E-state index >= 15 is 0 Å². The van der Waals surface area contributed by atoms with E-state index in [1.165, 1.54) is 0 Å². The highest BCUT2D eigenvalue weighted by atomic mass is 16.5. The van der Waals surface area contributed by atoms with Gasteiger partial charge in [0.2, 0.25) is 5.91 Å². The fourth-order valence-electron chi connectivity index (χ4n) is 4.89. The number of carboxylic acid groups (broad SMARTS) is 1. The van der Waals surface area contributed by atoms with Crippen LogP contribution in [-0.4, -0.2) is 42.8 Å². The average Bonchev–Trinajstić information content (AvgIpc) is 2.83. The largest absolute Gasteiger partial charge is 0.480 e. The summed E-state index contributed by atoms with van der Waals surface area (Å²) in [5, 5.41) is 12.7. The summed E-state index contributed by atoms with van der Waals surface area (Å²) in [7, 11) is 1.63. The maximum atomic E-state index is 12.3. The molecule has 6 nitrogen and oxygen atoms in total. The average molecular weight is 475 g/mol. The minimum absolute atomic E-state index is 0.00948. The number of aliphatic carboxylic acids is 1. The van der Waals surface area contributed by atoms with Gasteiger partial charge >= 0.3 is 5.97 Å². The fraction of sp³-hybridized carbons (Fsp3) is 0.643. The molecule has 0 saturated heterocycles. The lowest BCUT2D eigenvalue weighted by Crippen LogP contribution is -2.53. The molecule has 0 aliphatic carbocycles. The molecule has 0 saturated carbocycles. The van der Waals surface area contributed by atoms with Crippen molar-refractivity contribution in [1.29, 1.82) is 0 Å². The minimum atomic E-state index is -1.09. The van der Waals surface area contributed by atoms with Gasteiger partial charge < -0.3 is 20.9 Å². The van der Waals surface area contributed by atoms with Crippen LogP contribution in [0.2, 0.25) is 0 Å². The molecule has 4 N–H and O–H groups in total. The number of hydrogen-bond donors (Lipinski definition) is 3. The standard InChI is InChI=1S/C28H46N2O4/c1-6-28(7-2,22-16-12-10-13-17-22)26(34-5)23(25(29)27(32)33)19-20-30-24(31)18-14-9-8-11-15-21(3)4/h10-13,15-17,21,23,25-26H,6-9,14,18-20,29H2,1-5H3,(H,30,31)(H,32,33)/t23-,25+,26?/m1/s1. The van der Waals surface area contributed by atoms with E-state index in [9.17, 15) is 14.7 Å². The first-order valence-electron chi connectivity index (χ1n) is 12.7. The van der Waals surface area contributed by atoms with E-state index in [0.29, 0.717) is 25.3 Å². The molecule has 0 radical (unpaired) electrons. The Hall–Kier alpha value is -2.18. The molecule has 6 heteroatoms. The van der Waals surface area contributed by atoms with Crippen molar-refractivity contribution in [1.82, 2.24) is 5.32 Å². The second kappa shape index (κ2) is 15.7. The van der Waals surface area contributed by atoms with Gasteiger partial charge in [-0.1, -0.05) is 70.2 Å². The summed E-state index contributed by atoms with van der Waals surface area (Å²) in [6, 6.07) is 9.01. The highest BCUT2D eigenvalue weighted by Gasteiger charge is 2.45. The molecule has 1 unspecified atom stereocenters. The lowest BCUT2D eigenvalue weighted by molar-refractivity contribution is -0.142. The third-order valence-corrected chi connectivity index (χ3v) is 6.89. The molecular weight excluding hydrogens is 428 g/mol. The zero-order chi connectivity index (χ0) is 25.6. The lowest BCUT2D eigenvalue weighted by atomic mass is 9.65. The van der Waals surface area contributed by atoms with E-state index in [2.05, 4.69) is 57.3 Å². The van der Waals surface area contributed by atoms with E-state index in [-0.39, 0.29) is 11.3 Å². The zero-order valence-electron chi connectivity index (χ0n) is 21.8. The highest BCUT2D eigenvalue weighted by Crippen LogP contribution is 2.41. The van der Waals surface area contributed by atoms with Crippen LogP contribution in [0.4, 0.5) is 0 Å². The molecule has 192 valence electrons. The van der Waals surface area contributed by atoms with Crippen LogP contribution in [0.5, 0.6) is 0 Å². The van der Waals surface area contributed by atoms with E-state index in [1.54, 1.807) is 7.11 Å². The second-order valence-corrected chi connectivity index (χ2v) is 9.47. The third kappa shape index (κ3) is 8.88. The number of amides is 1. The smallest absolute Gasteiger partial charge is 0.320 e. The number of rotatable bonds is 17. The van der Waals surface area contributed by atoms with Gasteiger partial charge in [-0.3, -0.25) is 9.59 Å². The summed E-state index contributed by atoms with van der Waals surface area (Å²) >= 11 is 0. The SMILES string of the molecule is CCC(CC)(c1ccccc1)C(OC)[C@H](CCNC(=O)CCCCC=CC(C)C)[C@H](N)C(=O)O. The first-order valence-corrected chi connectivity index (χ1v) is 12.7. The maximum Gasteiger partial charge on any atom is 0.320 e. The number of carbonyl (C=O) groups is 2. The van der Waals surface area contributed by atoms with Gasteiger partial charge in [-0.25, -0.2) is 0 Å². The van der Waals surface area contributed by atoms with Gasteiger partial charge in [-0.15, -0.1) is 0 Å². The molecule has 0 aromatic heterocycles. The van der Waals surface area contributed by atoms with Crippen molar-refractivity contribution in [3.05, 3.63) is 48.0 Å². The Kier molecular flexibility index (Phi) is 13.8. The second-order valence-electron chi connectivity index (χ2n) is 9.47. The lowest BCUT2D eigenvalue weighted by Gasteiger charge is -2.44. The molecule has 1 amide bonds. The van der Waals surface area contributed by atoms with Crippen molar-refractivity contribution < 1.29 is 19.4 Å². The normalized spacial score (nSPS) is 14.8. The number of carbonyl (C=O) groups excluding carboxylic acids is 1. The first-order chi connectivity index (χ1) is 16.2. The predicted molar refractivity (Wildman–Crippen MR) is 139 cm³/mol. The Bertz CT molecular complexity index is 744. The van der Waals surface area contributed by atoms with Crippen molar-refractivity contribution in [2.45, 2.75) is 90.2 Å². The summed E-state index contributed by atoms with van der Waals surface area (Å²) in [5.41, 5.74) is 6.93. The zero-order valence-corrected chi connectivity index (χ0v) is 21.8. The summed E-state index contributed by atoms with van der Waals surface area (Å²) in [6.45, 7) is 8.86. The number of carboxylic acids is 1. The highest BCUT2D eigenvalue weighted by molar-refractivity contribution is 5.76. The van der Waals surface area contributed by atoms with Crippen LogP contribution < -0.4 is 11.1 Å². The molecule has 0 bridgehead atoms. The maximum absolute atomic E-state index is 12.3. The van der Waals surface area contributed by atoms with Crippen LogP contribution in [0.25, 0.3) is 0 Å². The Labute approximate surface area is 206 Å². The number of nitrogens with two attached hydrogens (primary N) is 1. The van der Waals surface area contributed by atoms with Crippen LogP contribution in [0.3, 0.4) is 0 Å². The fourth-order valence-corrected chi connectivity index (χ4v) is 4.89. The van der Waals surface area contributed by atoms with E-state index in [4.69, 9.17) is 10.5 Å². The summed E-state index contributed by atoms with van der Waals surface area (Å²) in [5.74, 6) is -0.971. The van der Waals surface area contributed by atoms with Crippen molar-refractivity contribution >= 4 is 11.9 Å². The summed E-state index contributed by atoms with van der Waals surface area (Å²) in [6.07, 6.45) is 9.20. The number of unbranched alkanes of at least 4 members (excludes halogenated alkanes) is 2. The molecule has 0 spiro atoms. The van der Waals surface area contributed by atoms with Crippen molar-refractivity contribution in [3.8, 4) is 0 Å². The van der Waals surface area contributed by atoms with E-state index in [1.807, 2.05) is 18.2 Å². The van der Waals surface area contributed by atoms with Crippen LogP contribution in [0.15, 0.2) is 42.5 Å². The number of hydrogen-bond acceptors (Lipinski definition) is 4. The topological polar surface area (TPSA) is 102 Å². The van der Waals surface area contributed by atoms with Crippen LogP contribution in [0, 0.1) is 11.8 Å². The third-order valence-electron chi connectivity index (χ3n) is 6.89. The number of methoxy groups -OCH3 is 1. The Balaban J connectivity index is 2.86. The molecule has 0 aliphatic heterocycles. The van der Waals surface area contributed by atoms with Gasteiger partial charge in [0.05, 0.1) is 6.10 Å².